The zero-order chi connectivity index (χ0) is 19.1. The zero-order valence-corrected chi connectivity index (χ0v) is 18.7. The number of rotatable bonds is 10. The molecule has 0 bridgehead atoms. The highest BCUT2D eigenvalue weighted by atomic mass is 79.9. The molecule has 1 aliphatic rings. The fourth-order valence-corrected chi connectivity index (χ4v) is 5.90. The van der Waals surface area contributed by atoms with Crippen LogP contribution in [0.2, 0.25) is 0 Å². The number of aryl methyl sites for hydroxylation is 1. The normalized spacial score (nSPS) is 17.0. The van der Waals surface area contributed by atoms with E-state index >= 15 is 0 Å². The van der Waals surface area contributed by atoms with E-state index in [-0.39, 0.29) is 0 Å². The van der Waals surface area contributed by atoms with Crippen LogP contribution in [0.25, 0.3) is 15.6 Å². The van der Waals surface area contributed by atoms with Crippen LogP contribution in [0, 0.1) is 0 Å². The molecule has 1 atom stereocenters. The van der Waals surface area contributed by atoms with Gasteiger partial charge in [-0.1, -0.05) is 99.4 Å². The lowest BCUT2D eigenvalue weighted by Crippen LogP contribution is -1.88. The third kappa shape index (κ3) is 5.73. The maximum absolute atomic E-state index is 12.2. The van der Waals surface area contributed by atoms with Crippen molar-refractivity contribution in [2.24, 2.45) is 0 Å². The maximum Gasteiger partial charge on any atom is 0.0329 e. The standard InChI is InChI=1S/C24H30BrOS/c1-2-3-4-5-6-7-8-9-10-19-11-13-20(14-12-19)21-15-16-22-23(25)18-27(26)24(22)17-21/h11-18,27H,2-10H2,1H3. The molecule has 0 saturated carbocycles. The lowest BCUT2D eigenvalue weighted by Gasteiger charge is -2.09. The van der Waals surface area contributed by atoms with Crippen LogP contribution in [0.1, 0.15) is 69.4 Å². The van der Waals surface area contributed by atoms with Crippen molar-refractivity contribution in [2.75, 3.05) is 0 Å². The van der Waals surface area contributed by atoms with Gasteiger partial charge in [0.2, 0.25) is 0 Å². The van der Waals surface area contributed by atoms with Gasteiger partial charge in [0.1, 0.15) is 0 Å². The molecule has 27 heavy (non-hydrogen) atoms. The molecule has 3 heteroatoms. The number of hydrogen-bond donors (Lipinski definition) is 1. The van der Waals surface area contributed by atoms with Crippen molar-refractivity contribution in [1.82, 2.24) is 0 Å². The molecule has 0 saturated heterocycles. The summed E-state index contributed by atoms with van der Waals surface area (Å²) in [6.07, 6.45) is 12.1. The molecule has 145 valence electrons. The highest BCUT2D eigenvalue weighted by molar-refractivity contribution is 9.15. The van der Waals surface area contributed by atoms with Crippen LogP contribution in [-0.2, 0) is 11.0 Å². The predicted octanol–water partition coefficient (Wildman–Crippen LogP) is 8.45. The molecule has 0 aromatic heterocycles. The van der Waals surface area contributed by atoms with Crippen molar-refractivity contribution in [2.45, 2.75) is 69.6 Å². The first kappa shape index (κ1) is 20.7. The van der Waals surface area contributed by atoms with Gasteiger partial charge in [0.05, 0.1) is 0 Å². The minimum atomic E-state index is -1.41. The third-order valence-corrected chi connectivity index (χ3v) is 7.68. The molecule has 0 spiro atoms. The summed E-state index contributed by atoms with van der Waals surface area (Å²) in [7, 11) is 0. The van der Waals surface area contributed by atoms with Gasteiger partial charge in [0.15, 0.2) is 0 Å². The van der Waals surface area contributed by atoms with Crippen LogP contribution in [0.15, 0.2) is 52.8 Å². The Morgan fingerprint density at radius 3 is 2.15 bits per heavy atom. The van der Waals surface area contributed by atoms with Crippen molar-refractivity contribution in [3.8, 4) is 11.1 Å². The average molecular weight is 446 g/mol. The van der Waals surface area contributed by atoms with Gasteiger partial charge in [-0.15, -0.1) is 0 Å². The molecular formula is C24H30BrOS. The molecule has 2 aromatic rings. The Morgan fingerprint density at radius 1 is 0.815 bits per heavy atom. The number of benzene rings is 2. The van der Waals surface area contributed by atoms with Crippen molar-refractivity contribution in [3.63, 3.8) is 0 Å². The summed E-state index contributed by atoms with van der Waals surface area (Å²) in [4.78, 5) is 0.942. The van der Waals surface area contributed by atoms with Crippen molar-refractivity contribution < 1.29 is 4.55 Å². The molecule has 1 heterocycles. The fourth-order valence-electron chi connectivity index (χ4n) is 3.66. The van der Waals surface area contributed by atoms with Gasteiger partial charge in [-0.25, -0.2) is 0 Å². The van der Waals surface area contributed by atoms with Gasteiger partial charge < -0.3 is 0 Å². The predicted molar refractivity (Wildman–Crippen MR) is 123 cm³/mol. The molecular weight excluding hydrogens is 416 g/mol. The van der Waals surface area contributed by atoms with Crippen LogP contribution in [0.3, 0.4) is 0 Å². The van der Waals surface area contributed by atoms with E-state index in [9.17, 15) is 4.55 Å². The lowest BCUT2D eigenvalue weighted by molar-refractivity contribution is 0.523. The Kier molecular flexibility index (Phi) is 8.05. The fraction of sp³-hybridized carbons (Fsp3) is 0.417. The monoisotopic (exact) mass is 445 g/mol. The summed E-state index contributed by atoms with van der Waals surface area (Å²) < 4.78 is 13.2. The second-order valence-electron chi connectivity index (χ2n) is 7.46. The topological polar surface area (TPSA) is 19.9 Å². The molecule has 0 fully saturated rings. The molecule has 1 aliphatic heterocycles. The molecule has 1 nitrogen and oxygen atoms in total. The van der Waals surface area contributed by atoms with E-state index in [4.69, 9.17) is 0 Å². The van der Waals surface area contributed by atoms with Gasteiger partial charge in [-0.05, 0) is 56.9 Å². The summed E-state index contributed by atoms with van der Waals surface area (Å²) >= 11 is 2.09. The molecule has 0 amide bonds. The molecule has 0 N–H and O–H groups in total. The minimum absolute atomic E-state index is 0.942. The highest BCUT2D eigenvalue weighted by Gasteiger charge is 2.19. The Morgan fingerprint density at radius 2 is 1.44 bits per heavy atom. The first-order chi connectivity index (χ1) is 13.2. The first-order valence-corrected chi connectivity index (χ1v) is 12.4. The summed E-state index contributed by atoms with van der Waals surface area (Å²) in [5, 5.41) is 1.80. The number of fused-ring (bicyclic) bond motifs is 1. The summed E-state index contributed by atoms with van der Waals surface area (Å²) in [5.74, 6) is 0. The van der Waals surface area contributed by atoms with E-state index in [2.05, 4.69) is 65.3 Å². The minimum Gasteiger partial charge on any atom is -0.169 e. The van der Waals surface area contributed by atoms with E-state index in [1.807, 2.05) is 0 Å². The number of unbranched alkanes of at least 4 members (excludes halogenated alkanes) is 7. The zero-order valence-electron chi connectivity index (χ0n) is 16.2. The van der Waals surface area contributed by atoms with E-state index in [1.165, 1.54) is 68.9 Å². The Labute approximate surface area is 175 Å². The van der Waals surface area contributed by atoms with Gasteiger partial charge in [0.25, 0.3) is 0 Å². The second kappa shape index (κ2) is 10.5. The van der Waals surface area contributed by atoms with Crippen LogP contribution in [-0.4, -0.2) is 0 Å². The largest absolute Gasteiger partial charge is 0.169 e. The smallest absolute Gasteiger partial charge is 0.0329 e. The summed E-state index contributed by atoms with van der Waals surface area (Å²) in [6, 6.07) is 15.2. The molecule has 1 radical (unpaired) electrons. The molecule has 2 aromatic carbocycles. The van der Waals surface area contributed by atoms with E-state index in [0.717, 1.165) is 20.5 Å². The van der Waals surface area contributed by atoms with Crippen LogP contribution < -0.4 is 0 Å². The Bertz CT molecular complexity index is 766. The highest BCUT2D eigenvalue weighted by Crippen LogP contribution is 2.50. The van der Waals surface area contributed by atoms with Crippen LogP contribution >= 0.6 is 27.1 Å². The van der Waals surface area contributed by atoms with Crippen LogP contribution in [0.5, 0.6) is 0 Å². The van der Waals surface area contributed by atoms with E-state index in [0.29, 0.717) is 0 Å². The SMILES string of the molecule is CCCCCCCCCCc1ccc(-c2ccc3c(c2)[SH]([O])C=C3Br)cc1. The van der Waals surface area contributed by atoms with Gasteiger partial charge in [0, 0.05) is 14.9 Å². The quantitative estimate of drug-likeness (QED) is 0.279. The van der Waals surface area contributed by atoms with Crippen molar-refractivity contribution >= 4 is 31.6 Å². The number of halogens is 1. The summed E-state index contributed by atoms with van der Waals surface area (Å²) in [5.41, 5.74) is 4.82. The average Bonchev–Trinajstić information content (AvgIpc) is 2.98. The summed E-state index contributed by atoms with van der Waals surface area (Å²) in [6.45, 7) is 2.27. The molecule has 1 unspecified atom stereocenters. The van der Waals surface area contributed by atoms with Gasteiger partial charge in [-0.3, -0.25) is 0 Å². The van der Waals surface area contributed by atoms with Crippen LogP contribution in [0.4, 0.5) is 0 Å². The Balaban J connectivity index is 1.48. The van der Waals surface area contributed by atoms with Crippen molar-refractivity contribution in [1.29, 1.82) is 0 Å². The van der Waals surface area contributed by atoms with E-state index < -0.39 is 11.2 Å². The third-order valence-electron chi connectivity index (χ3n) is 5.33. The Hall–Kier alpha value is -1.03. The molecule has 0 aliphatic carbocycles. The lowest BCUT2D eigenvalue weighted by atomic mass is 10.00. The van der Waals surface area contributed by atoms with Gasteiger partial charge in [-0.2, -0.15) is 4.55 Å². The second-order valence-corrected chi connectivity index (χ2v) is 9.70. The van der Waals surface area contributed by atoms with Gasteiger partial charge >= 0.3 is 0 Å². The van der Waals surface area contributed by atoms with E-state index in [1.54, 1.807) is 5.41 Å². The number of thiol groups is 1. The first-order valence-electron chi connectivity index (χ1n) is 10.3. The maximum atomic E-state index is 12.2. The van der Waals surface area contributed by atoms with Crippen molar-refractivity contribution in [3.05, 3.63) is 59.0 Å². The number of hydrogen-bond acceptors (Lipinski definition) is 0. The molecule has 3 rings (SSSR count).